The number of pyridine rings is 1. The Labute approximate surface area is 172 Å². The van der Waals surface area contributed by atoms with Crippen LogP contribution in [0.1, 0.15) is 29.8 Å². The van der Waals surface area contributed by atoms with Gasteiger partial charge >= 0.3 is 5.97 Å². The minimum absolute atomic E-state index is 0.113. The Morgan fingerprint density at radius 2 is 1.83 bits per heavy atom. The van der Waals surface area contributed by atoms with Crippen molar-refractivity contribution >= 4 is 22.8 Å². The number of aromatic nitrogens is 1. The van der Waals surface area contributed by atoms with E-state index in [1.807, 2.05) is 44.2 Å². The monoisotopic (exact) mass is 410 g/mol. The predicted molar refractivity (Wildman–Crippen MR) is 111 cm³/mol. The maximum Gasteiger partial charge on any atom is 0.322 e. The minimum atomic E-state index is -1.26. The van der Waals surface area contributed by atoms with E-state index in [0.717, 1.165) is 5.56 Å². The number of ether oxygens (including phenoxy) is 1. The normalized spacial score (nSPS) is 10.9. The van der Waals surface area contributed by atoms with Crippen molar-refractivity contribution in [3.63, 3.8) is 0 Å². The number of aliphatic carboxylic acids is 1. The molecule has 0 aliphatic rings. The van der Waals surface area contributed by atoms with Crippen molar-refractivity contribution in [1.82, 2.24) is 9.88 Å². The van der Waals surface area contributed by atoms with Gasteiger partial charge in [-0.2, -0.15) is 0 Å². The summed E-state index contributed by atoms with van der Waals surface area (Å²) in [4.78, 5) is 36.4. The number of fused-ring (bicyclic) bond motifs is 1. The van der Waals surface area contributed by atoms with Crippen molar-refractivity contribution in [2.45, 2.75) is 26.5 Å². The van der Waals surface area contributed by atoms with Gasteiger partial charge in [0.15, 0.2) is 0 Å². The highest BCUT2D eigenvalue weighted by atomic mass is 16.5. The maximum atomic E-state index is 13.1. The SMILES string of the molecule is CC(C)Oc1ccc2c(c1)c(O)c(C(=O)NCC(=O)O)c(=O)n2Cc1ccccc1. The van der Waals surface area contributed by atoms with Crippen molar-refractivity contribution in [2.24, 2.45) is 0 Å². The lowest BCUT2D eigenvalue weighted by molar-refractivity contribution is -0.135. The number of hydrogen-bond acceptors (Lipinski definition) is 5. The Hall–Kier alpha value is -3.81. The van der Waals surface area contributed by atoms with E-state index in [0.29, 0.717) is 11.3 Å². The number of nitrogens with one attached hydrogen (secondary N) is 1. The van der Waals surface area contributed by atoms with Crippen LogP contribution < -0.4 is 15.6 Å². The van der Waals surface area contributed by atoms with E-state index in [2.05, 4.69) is 5.32 Å². The molecule has 0 radical (unpaired) electrons. The number of carboxylic acid groups (broad SMARTS) is 1. The van der Waals surface area contributed by atoms with Gasteiger partial charge in [-0.05, 0) is 37.6 Å². The molecule has 156 valence electrons. The summed E-state index contributed by atoms with van der Waals surface area (Å²) in [6, 6.07) is 14.1. The molecule has 0 fully saturated rings. The van der Waals surface area contributed by atoms with Crippen molar-refractivity contribution < 1.29 is 24.5 Å². The number of aromatic hydroxyl groups is 1. The smallest absolute Gasteiger partial charge is 0.322 e. The third-order valence-corrected chi connectivity index (χ3v) is 4.39. The van der Waals surface area contributed by atoms with Crippen LogP contribution in [0.15, 0.2) is 53.3 Å². The highest BCUT2D eigenvalue weighted by molar-refractivity contribution is 6.03. The lowest BCUT2D eigenvalue weighted by atomic mass is 10.1. The lowest BCUT2D eigenvalue weighted by Crippen LogP contribution is -2.36. The number of hydrogen-bond donors (Lipinski definition) is 3. The molecule has 1 aromatic heterocycles. The first-order valence-corrected chi connectivity index (χ1v) is 9.38. The molecule has 1 amide bonds. The zero-order valence-electron chi connectivity index (χ0n) is 16.6. The number of amides is 1. The van der Waals surface area contributed by atoms with Crippen molar-refractivity contribution in [1.29, 1.82) is 0 Å². The maximum absolute atomic E-state index is 13.1. The van der Waals surface area contributed by atoms with Crippen molar-refractivity contribution in [2.75, 3.05) is 6.54 Å². The molecule has 30 heavy (non-hydrogen) atoms. The van der Waals surface area contributed by atoms with Gasteiger partial charge in [-0.25, -0.2) is 0 Å². The zero-order chi connectivity index (χ0) is 21.8. The third kappa shape index (κ3) is 4.43. The Balaban J connectivity index is 2.21. The van der Waals surface area contributed by atoms with E-state index >= 15 is 0 Å². The first-order chi connectivity index (χ1) is 14.3. The second-order valence-corrected chi connectivity index (χ2v) is 7.02. The largest absolute Gasteiger partial charge is 0.506 e. The molecule has 3 rings (SSSR count). The second kappa shape index (κ2) is 8.69. The molecule has 2 aromatic carbocycles. The second-order valence-electron chi connectivity index (χ2n) is 7.02. The highest BCUT2D eigenvalue weighted by Crippen LogP contribution is 2.30. The predicted octanol–water partition coefficient (Wildman–Crippen LogP) is 2.36. The van der Waals surface area contributed by atoms with Gasteiger partial charge in [0.1, 0.15) is 23.6 Å². The summed E-state index contributed by atoms with van der Waals surface area (Å²) >= 11 is 0. The quantitative estimate of drug-likeness (QED) is 0.550. The standard InChI is InChI=1S/C22H22N2O6/c1-13(2)30-15-8-9-17-16(10-15)20(27)19(21(28)23-11-18(25)26)22(29)24(17)12-14-6-4-3-5-7-14/h3-10,13,27H,11-12H2,1-2H3,(H,23,28)(H,25,26). The zero-order valence-corrected chi connectivity index (χ0v) is 16.6. The van der Waals surface area contributed by atoms with Crippen LogP contribution in [0.25, 0.3) is 10.9 Å². The van der Waals surface area contributed by atoms with Gasteiger partial charge in [0, 0.05) is 5.39 Å². The molecule has 0 unspecified atom stereocenters. The molecule has 0 atom stereocenters. The Morgan fingerprint density at radius 1 is 1.13 bits per heavy atom. The van der Waals surface area contributed by atoms with E-state index in [1.54, 1.807) is 18.2 Å². The van der Waals surface area contributed by atoms with Gasteiger partial charge in [-0.3, -0.25) is 14.4 Å². The van der Waals surface area contributed by atoms with E-state index < -0.39 is 35.3 Å². The molecule has 0 aliphatic carbocycles. The van der Waals surface area contributed by atoms with Gasteiger partial charge in [0.2, 0.25) is 0 Å². The average molecular weight is 410 g/mol. The van der Waals surface area contributed by atoms with Crippen LogP contribution >= 0.6 is 0 Å². The highest BCUT2D eigenvalue weighted by Gasteiger charge is 2.23. The molecular weight excluding hydrogens is 388 g/mol. The molecule has 0 saturated heterocycles. The lowest BCUT2D eigenvalue weighted by Gasteiger charge is -2.17. The topological polar surface area (TPSA) is 118 Å². The van der Waals surface area contributed by atoms with Crippen LogP contribution in [0.3, 0.4) is 0 Å². The Bertz CT molecular complexity index is 1150. The Morgan fingerprint density at radius 3 is 2.47 bits per heavy atom. The molecule has 0 saturated carbocycles. The molecule has 0 aliphatic heterocycles. The number of benzene rings is 2. The summed E-state index contributed by atoms with van der Waals surface area (Å²) in [5.74, 6) is -2.27. The van der Waals surface area contributed by atoms with Crippen LogP contribution in [0, 0.1) is 0 Å². The number of carboxylic acids is 1. The average Bonchev–Trinajstić information content (AvgIpc) is 2.70. The van der Waals surface area contributed by atoms with Crippen LogP contribution in [0.5, 0.6) is 11.5 Å². The van der Waals surface area contributed by atoms with Crippen LogP contribution in [0.2, 0.25) is 0 Å². The fraction of sp³-hybridized carbons (Fsp3) is 0.227. The summed E-state index contributed by atoms with van der Waals surface area (Å²) in [5, 5.41) is 21.9. The number of carbonyl (C=O) groups excluding carboxylic acids is 1. The van der Waals surface area contributed by atoms with Crippen molar-refractivity contribution in [3.8, 4) is 11.5 Å². The first kappa shape index (κ1) is 20.9. The van der Waals surface area contributed by atoms with Gasteiger partial charge < -0.3 is 24.8 Å². The molecule has 0 bridgehead atoms. The fourth-order valence-electron chi connectivity index (χ4n) is 3.14. The molecular formula is C22H22N2O6. The van der Waals surface area contributed by atoms with Gasteiger partial charge in [-0.1, -0.05) is 30.3 Å². The van der Waals surface area contributed by atoms with E-state index in [1.165, 1.54) is 4.57 Å². The molecule has 8 nitrogen and oxygen atoms in total. The number of nitrogens with zero attached hydrogens (tertiary/aromatic N) is 1. The first-order valence-electron chi connectivity index (χ1n) is 9.38. The Kier molecular flexibility index (Phi) is 6.06. The van der Waals surface area contributed by atoms with Gasteiger partial charge in [-0.15, -0.1) is 0 Å². The molecule has 1 heterocycles. The fourth-order valence-corrected chi connectivity index (χ4v) is 3.14. The van der Waals surface area contributed by atoms with E-state index in [4.69, 9.17) is 9.84 Å². The summed E-state index contributed by atoms with van der Waals surface area (Å²) in [5.41, 5.74) is 0.0175. The third-order valence-electron chi connectivity index (χ3n) is 4.39. The van der Waals surface area contributed by atoms with Gasteiger partial charge in [0.25, 0.3) is 11.5 Å². The molecule has 3 N–H and O–H groups in total. The molecule has 0 spiro atoms. The van der Waals surface area contributed by atoms with Crippen LogP contribution in [-0.2, 0) is 11.3 Å². The number of carbonyl (C=O) groups is 2. The van der Waals surface area contributed by atoms with E-state index in [9.17, 15) is 19.5 Å². The minimum Gasteiger partial charge on any atom is -0.506 e. The summed E-state index contributed by atoms with van der Waals surface area (Å²) in [7, 11) is 0. The van der Waals surface area contributed by atoms with E-state index in [-0.39, 0.29) is 18.0 Å². The number of rotatable bonds is 7. The molecule has 8 heteroatoms. The summed E-state index contributed by atoms with van der Waals surface area (Å²) in [6.45, 7) is 3.20. The van der Waals surface area contributed by atoms with Gasteiger partial charge in [0.05, 0.1) is 18.2 Å². The van der Waals surface area contributed by atoms with Crippen LogP contribution in [-0.4, -0.2) is 39.3 Å². The molecule has 3 aromatic rings. The van der Waals surface area contributed by atoms with Crippen molar-refractivity contribution in [3.05, 3.63) is 70.0 Å². The summed E-state index contributed by atoms with van der Waals surface area (Å²) in [6.07, 6.45) is -0.113. The van der Waals surface area contributed by atoms with Crippen LogP contribution in [0.4, 0.5) is 0 Å². The summed E-state index contributed by atoms with van der Waals surface area (Å²) < 4.78 is 7.04.